The van der Waals surface area contributed by atoms with Crippen LogP contribution in [-0.2, 0) is 24.0 Å². The molecule has 1 saturated carbocycles. The Morgan fingerprint density at radius 1 is 1.06 bits per heavy atom. The van der Waals surface area contributed by atoms with Gasteiger partial charge >= 0.3 is 12.0 Å². The molecule has 12 heteroatoms. The summed E-state index contributed by atoms with van der Waals surface area (Å²) in [5.74, 6) is -2.16. The number of carboxylic acid groups (broad SMARTS) is 1. The van der Waals surface area contributed by atoms with E-state index in [0.29, 0.717) is 18.6 Å². The fourth-order valence-electron chi connectivity index (χ4n) is 4.83. The molecular formula is C22H33N5O7. The molecule has 0 unspecified atom stereocenters. The molecule has 2 aliphatic heterocycles. The SMILES string of the molecule is O=C[C@H](CC(=O)O)NC(=O)[C@@H]1CCCN2C(=O)CCN(NC(=O)CCC3CCCCC3)C(=O)N12. The number of aldehydes is 1. The molecule has 3 fully saturated rings. The zero-order chi connectivity index (χ0) is 24.7. The Balaban J connectivity index is 1.67. The van der Waals surface area contributed by atoms with Gasteiger partial charge < -0.3 is 15.2 Å². The maximum Gasteiger partial charge on any atom is 0.358 e. The van der Waals surface area contributed by atoms with Crippen LogP contribution in [0, 0.1) is 5.92 Å². The van der Waals surface area contributed by atoms with Gasteiger partial charge in [-0.3, -0.25) is 24.6 Å². The van der Waals surface area contributed by atoms with E-state index in [2.05, 4.69) is 10.7 Å². The molecule has 3 aliphatic rings. The third-order valence-electron chi connectivity index (χ3n) is 6.62. The molecule has 0 aromatic rings. The smallest absolute Gasteiger partial charge is 0.358 e. The van der Waals surface area contributed by atoms with Crippen molar-refractivity contribution < 1.29 is 33.9 Å². The van der Waals surface area contributed by atoms with Gasteiger partial charge in [0.05, 0.1) is 19.0 Å². The van der Waals surface area contributed by atoms with Gasteiger partial charge in [-0.1, -0.05) is 32.1 Å². The summed E-state index contributed by atoms with van der Waals surface area (Å²) < 4.78 is 0. The Labute approximate surface area is 197 Å². The quantitative estimate of drug-likeness (QED) is 0.408. The Morgan fingerprint density at radius 2 is 1.79 bits per heavy atom. The molecule has 0 aromatic heterocycles. The number of amides is 5. The minimum absolute atomic E-state index is 0.0184. The van der Waals surface area contributed by atoms with Crippen LogP contribution in [0.3, 0.4) is 0 Å². The van der Waals surface area contributed by atoms with Crippen LogP contribution in [0.15, 0.2) is 0 Å². The van der Waals surface area contributed by atoms with Gasteiger partial charge in [-0.2, -0.15) is 0 Å². The van der Waals surface area contributed by atoms with Crippen LogP contribution in [0.25, 0.3) is 0 Å². The summed E-state index contributed by atoms with van der Waals surface area (Å²) in [6.45, 7) is 0.216. The molecule has 0 bridgehead atoms. The number of carbonyl (C=O) groups excluding carboxylic acids is 5. The van der Waals surface area contributed by atoms with E-state index in [4.69, 9.17) is 5.11 Å². The van der Waals surface area contributed by atoms with Gasteiger partial charge in [-0.05, 0) is 25.2 Å². The Bertz CT molecular complexity index is 813. The Morgan fingerprint density at radius 3 is 2.47 bits per heavy atom. The summed E-state index contributed by atoms with van der Waals surface area (Å²) >= 11 is 0. The van der Waals surface area contributed by atoms with Crippen molar-refractivity contribution in [2.75, 3.05) is 13.1 Å². The van der Waals surface area contributed by atoms with Crippen molar-refractivity contribution in [2.24, 2.45) is 5.92 Å². The molecular weight excluding hydrogens is 446 g/mol. The number of carboxylic acids is 1. The van der Waals surface area contributed by atoms with Crippen molar-refractivity contribution in [3.8, 4) is 0 Å². The van der Waals surface area contributed by atoms with E-state index in [-0.39, 0.29) is 44.2 Å². The van der Waals surface area contributed by atoms with E-state index in [9.17, 15) is 28.8 Å². The number of fused-ring (bicyclic) bond motifs is 1. The minimum atomic E-state index is -1.26. The van der Waals surface area contributed by atoms with E-state index >= 15 is 0 Å². The first kappa shape index (κ1) is 25.4. The third-order valence-corrected chi connectivity index (χ3v) is 6.62. The summed E-state index contributed by atoms with van der Waals surface area (Å²) in [6.07, 6.45) is 7.17. The standard InChI is InChI=1S/C22H33N5O7/c28-14-16(13-20(31)32)23-21(33)17-7-4-11-26-19(30)10-12-25(22(34)27(17)26)24-18(29)9-8-15-5-2-1-3-6-15/h14-17H,1-13H2,(H,23,33)(H,24,29)(H,31,32)/t16-,17-/m0/s1. The maximum absolute atomic E-state index is 13.3. The molecule has 0 radical (unpaired) electrons. The number of aliphatic carboxylic acids is 1. The number of hydrogen-bond donors (Lipinski definition) is 3. The highest BCUT2D eigenvalue weighted by Gasteiger charge is 2.44. The predicted octanol–water partition coefficient (Wildman–Crippen LogP) is 0.570. The fourth-order valence-corrected chi connectivity index (χ4v) is 4.83. The largest absolute Gasteiger partial charge is 0.481 e. The van der Waals surface area contributed by atoms with Crippen molar-refractivity contribution >= 4 is 36.0 Å². The second kappa shape index (κ2) is 11.8. The van der Waals surface area contributed by atoms with Gasteiger partial charge in [0.25, 0.3) is 0 Å². The van der Waals surface area contributed by atoms with E-state index in [1.807, 2.05) is 0 Å². The second-order valence-electron chi connectivity index (χ2n) is 9.13. The highest BCUT2D eigenvalue weighted by atomic mass is 16.4. The normalized spacial score (nSPS) is 22.5. The van der Waals surface area contributed by atoms with Crippen molar-refractivity contribution in [1.29, 1.82) is 0 Å². The molecule has 34 heavy (non-hydrogen) atoms. The number of hydrazine groups is 2. The zero-order valence-corrected chi connectivity index (χ0v) is 19.2. The number of urea groups is 1. The van der Waals surface area contributed by atoms with Gasteiger partial charge in [-0.15, -0.1) is 0 Å². The molecule has 188 valence electrons. The van der Waals surface area contributed by atoms with Gasteiger partial charge in [0.2, 0.25) is 17.7 Å². The highest BCUT2D eigenvalue weighted by molar-refractivity contribution is 5.92. The summed E-state index contributed by atoms with van der Waals surface area (Å²) in [6, 6.07) is -3.08. The molecule has 2 saturated heterocycles. The fraction of sp³-hybridized carbons (Fsp3) is 0.727. The average molecular weight is 480 g/mol. The molecule has 2 heterocycles. The molecule has 3 rings (SSSR count). The lowest BCUT2D eigenvalue weighted by molar-refractivity contribution is -0.155. The lowest BCUT2D eigenvalue weighted by Crippen LogP contribution is -2.64. The molecule has 1 aliphatic carbocycles. The van der Waals surface area contributed by atoms with Crippen molar-refractivity contribution in [3.63, 3.8) is 0 Å². The van der Waals surface area contributed by atoms with Crippen molar-refractivity contribution in [3.05, 3.63) is 0 Å². The lowest BCUT2D eigenvalue weighted by atomic mass is 9.86. The van der Waals surface area contributed by atoms with Gasteiger partial charge in [0, 0.05) is 19.4 Å². The summed E-state index contributed by atoms with van der Waals surface area (Å²) in [7, 11) is 0. The zero-order valence-electron chi connectivity index (χ0n) is 19.2. The molecule has 3 N–H and O–H groups in total. The lowest BCUT2D eigenvalue weighted by Gasteiger charge is -2.43. The first-order chi connectivity index (χ1) is 16.3. The van der Waals surface area contributed by atoms with Crippen LogP contribution in [-0.4, -0.2) is 81.3 Å². The first-order valence-corrected chi connectivity index (χ1v) is 12.0. The van der Waals surface area contributed by atoms with E-state index in [1.54, 1.807) is 0 Å². The molecule has 0 spiro atoms. The molecule has 2 atom stereocenters. The predicted molar refractivity (Wildman–Crippen MR) is 117 cm³/mol. The first-order valence-electron chi connectivity index (χ1n) is 12.0. The van der Waals surface area contributed by atoms with Crippen LogP contribution in [0.5, 0.6) is 0 Å². The van der Waals surface area contributed by atoms with E-state index in [0.717, 1.165) is 29.3 Å². The van der Waals surface area contributed by atoms with Crippen LogP contribution >= 0.6 is 0 Å². The number of nitrogens with zero attached hydrogens (tertiary/aromatic N) is 3. The van der Waals surface area contributed by atoms with Crippen LogP contribution < -0.4 is 10.7 Å². The summed E-state index contributed by atoms with van der Waals surface area (Å²) in [4.78, 5) is 73.5. The number of nitrogens with one attached hydrogen (secondary N) is 2. The third kappa shape index (κ3) is 6.45. The number of rotatable bonds is 9. The number of carbonyl (C=O) groups is 6. The summed E-state index contributed by atoms with van der Waals surface area (Å²) in [5.41, 5.74) is 2.60. The van der Waals surface area contributed by atoms with Gasteiger partial charge in [-0.25, -0.2) is 19.8 Å². The number of hydrogen-bond acceptors (Lipinski definition) is 6. The van der Waals surface area contributed by atoms with Crippen LogP contribution in [0.2, 0.25) is 0 Å². The second-order valence-corrected chi connectivity index (χ2v) is 9.13. The van der Waals surface area contributed by atoms with Gasteiger partial charge in [0.15, 0.2) is 0 Å². The molecule has 12 nitrogen and oxygen atoms in total. The average Bonchev–Trinajstić information content (AvgIpc) is 2.94. The Kier molecular flexibility index (Phi) is 8.83. The maximum atomic E-state index is 13.3. The topological polar surface area (TPSA) is 156 Å². The highest BCUT2D eigenvalue weighted by Crippen LogP contribution is 2.27. The van der Waals surface area contributed by atoms with E-state index < -0.39 is 36.4 Å². The van der Waals surface area contributed by atoms with Crippen molar-refractivity contribution in [2.45, 2.75) is 82.7 Å². The molecule has 5 amide bonds. The van der Waals surface area contributed by atoms with Crippen LogP contribution in [0.1, 0.15) is 70.6 Å². The van der Waals surface area contributed by atoms with Crippen molar-refractivity contribution in [1.82, 2.24) is 25.8 Å². The van der Waals surface area contributed by atoms with Crippen LogP contribution in [0.4, 0.5) is 4.79 Å². The molecule has 0 aromatic carbocycles. The Hall–Kier alpha value is -3.18. The minimum Gasteiger partial charge on any atom is -0.481 e. The summed E-state index contributed by atoms with van der Waals surface area (Å²) in [5, 5.41) is 14.6. The van der Waals surface area contributed by atoms with Gasteiger partial charge in [0.1, 0.15) is 12.3 Å². The monoisotopic (exact) mass is 479 g/mol. The van der Waals surface area contributed by atoms with E-state index in [1.165, 1.54) is 24.3 Å².